The molecule has 0 N–H and O–H groups in total. The highest BCUT2D eigenvalue weighted by molar-refractivity contribution is 5.10. The zero-order valence-corrected chi connectivity index (χ0v) is 11.7. The maximum absolute atomic E-state index is 4.42. The summed E-state index contributed by atoms with van der Waals surface area (Å²) >= 11 is 0. The summed E-state index contributed by atoms with van der Waals surface area (Å²) in [6.45, 7) is 5.67. The number of hydrogen-bond acceptors (Lipinski definition) is 5. The molecule has 2 aromatic heterocycles. The summed E-state index contributed by atoms with van der Waals surface area (Å²) in [6.07, 6.45) is 6.25. The van der Waals surface area contributed by atoms with Crippen molar-refractivity contribution in [3.63, 3.8) is 0 Å². The lowest BCUT2D eigenvalue weighted by Gasteiger charge is -2.27. The maximum atomic E-state index is 4.42. The van der Waals surface area contributed by atoms with Crippen molar-refractivity contribution in [2.24, 2.45) is 0 Å². The lowest BCUT2D eigenvalue weighted by atomic mass is 10.3. The average Bonchev–Trinajstić information content (AvgIpc) is 3.22. The van der Waals surface area contributed by atoms with E-state index in [1.54, 1.807) is 0 Å². The monoisotopic (exact) mass is 270 g/mol. The molecule has 1 fully saturated rings. The van der Waals surface area contributed by atoms with E-state index in [1.807, 2.05) is 19.3 Å². The van der Waals surface area contributed by atoms with Gasteiger partial charge >= 0.3 is 0 Å². The standard InChI is InChI=1S/C14H18N6/c1-10-6-16-12(7-15-10)8-19-4-5-20-13(9-19)17-18-14(20)11-2-3-11/h6-7,11H,2-5,8-9H2,1H3. The second-order valence-corrected chi connectivity index (χ2v) is 5.76. The van der Waals surface area contributed by atoms with Crippen LogP contribution in [0.3, 0.4) is 0 Å². The van der Waals surface area contributed by atoms with Gasteiger partial charge < -0.3 is 4.57 Å². The first-order valence-corrected chi connectivity index (χ1v) is 7.21. The van der Waals surface area contributed by atoms with Gasteiger partial charge in [0.25, 0.3) is 0 Å². The molecule has 0 spiro atoms. The first kappa shape index (κ1) is 12.0. The summed E-state index contributed by atoms with van der Waals surface area (Å²) in [6, 6.07) is 0. The zero-order valence-electron chi connectivity index (χ0n) is 11.7. The van der Waals surface area contributed by atoms with Crippen LogP contribution >= 0.6 is 0 Å². The van der Waals surface area contributed by atoms with E-state index in [0.29, 0.717) is 5.92 Å². The molecule has 2 aliphatic rings. The van der Waals surface area contributed by atoms with Gasteiger partial charge in [-0.2, -0.15) is 0 Å². The number of fused-ring (bicyclic) bond motifs is 1. The lowest BCUT2D eigenvalue weighted by Crippen LogP contribution is -2.34. The summed E-state index contributed by atoms with van der Waals surface area (Å²) in [5.41, 5.74) is 1.98. The molecular weight excluding hydrogens is 252 g/mol. The number of nitrogens with zero attached hydrogens (tertiary/aromatic N) is 6. The molecule has 6 heteroatoms. The third-order valence-electron chi connectivity index (χ3n) is 4.02. The zero-order chi connectivity index (χ0) is 13.5. The van der Waals surface area contributed by atoms with E-state index < -0.39 is 0 Å². The minimum Gasteiger partial charge on any atom is -0.312 e. The third-order valence-corrected chi connectivity index (χ3v) is 4.02. The van der Waals surface area contributed by atoms with E-state index in [2.05, 4.69) is 29.6 Å². The molecule has 0 aromatic carbocycles. The highest BCUT2D eigenvalue weighted by Crippen LogP contribution is 2.39. The quantitative estimate of drug-likeness (QED) is 0.840. The molecule has 1 saturated carbocycles. The number of aryl methyl sites for hydroxylation is 1. The molecule has 0 radical (unpaired) electrons. The van der Waals surface area contributed by atoms with Gasteiger partial charge in [-0.25, -0.2) is 0 Å². The first-order chi connectivity index (χ1) is 9.79. The Balaban J connectivity index is 1.48. The second-order valence-electron chi connectivity index (χ2n) is 5.76. The Morgan fingerprint density at radius 1 is 1.15 bits per heavy atom. The predicted octanol–water partition coefficient (Wildman–Crippen LogP) is 1.27. The molecule has 20 heavy (non-hydrogen) atoms. The van der Waals surface area contributed by atoms with Gasteiger partial charge in [0.2, 0.25) is 0 Å². The summed E-state index contributed by atoms with van der Waals surface area (Å²) in [4.78, 5) is 11.1. The molecule has 0 amide bonds. The van der Waals surface area contributed by atoms with Gasteiger partial charge in [-0.15, -0.1) is 10.2 Å². The van der Waals surface area contributed by atoms with E-state index in [9.17, 15) is 0 Å². The third kappa shape index (κ3) is 2.20. The van der Waals surface area contributed by atoms with Crippen molar-refractivity contribution in [2.45, 2.75) is 45.3 Å². The smallest absolute Gasteiger partial charge is 0.147 e. The minimum atomic E-state index is 0.672. The Bertz CT molecular complexity index is 613. The summed E-state index contributed by atoms with van der Waals surface area (Å²) in [5.74, 6) is 2.97. The van der Waals surface area contributed by atoms with Crippen molar-refractivity contribution < 1.29 is 0 Å². The van der Waals surface area contributed by atoms with E-state index in [4.69, 9.17) is 0 Å². The van der Waals surface area contributed by atoms with Crippen LogP contribution < -0.4 is 0 Å². The van der Waals surface area contributed by atoms with Gasteiger partial charge in [0.05, 0.1) is 17.9 Å². The highest BCUT2D eigenvalue weighted by Gasteiger charge is 2.32. The molecule has 0 atom stereocenters. The van der Waals surface area contributed by atoms with E-state index in [0.717, 1.165) is 43.4 Å². The SMILES string of the molecule is Cc1cnc(CN2CCn3c(nnc3C3CC3)C2)cn1. The van der Waals surface area contributed by atoms with Gasteiger partial charge in [0.1, 0.15) is 11.6 Å². The number of rotatable bonds is 3. The van der Waals surface area contributed by atoms with Gasteiger partial charge in [-0.1, -0.05) is 0 Å². The van der Waals surface area contributed by atoms with Crippen molar-refractivity contribution in [3.05, 3.63) is 35.4 Å². The molecule has 3 heterocycles. The Morgan fingerprint density at radius 2 is 2.05 bits per heavy atom. The van der Waals surface area contributed by atoms with E-state index in [1.165, 1.54) is 18.7 Å². The molecular formula is C14H18N6. The fourth-order valence-electron chi connectivity index (χ4n) is 2.74. The molecule has 104 valence electrons. The number of hydrogen-bond donors (Lipinski definition) is 0. The molecule has 6 nitrogen and oxygen atoms in total. The molecule has 0 unspecified atom stereocenters. The first-order valence-electron chi connectivity index (χ1n) is 7.21. The molecule has 0 bridgehead atoms. The van der Waals surface area contributed by atoms with Gasteiger partial charge in [-0.3, -0.25) is 14.9 Å². The Morgan fingerprint density at radius 3 is 2.80 bits per heavy atom. The molecule has 0 saturated heterocycles. The fourth-order valence-corrected chi connectivity index (χ4v) is 2.74. The van der Waals surface area contributed by atoms with Crippen LogP contribution in [0.1, 0.15) is 41.8 Å². The second kappa shape index (κ2) is 4.63. The van der Waals surface area contributed by atoms with Crippen molar-refractivity contribution in [1.29, 1.82) is 0 Å². The van der Waals surface area contributed by atoms with Crippen molar-refractivity contribution >= 4 is 0 Å². The largest absolute Gasteiger partial charge is 0.312 e. The Hall–Kier alpha value is -1.82. The van der Waals surface area contributed by atoms with E-state index in [-0.39, 0.29) is 0 Å². The van der Waals surface area contributed by atoms with E-state index >= 15 is 0 Å². The van der Waals surface area contributed by atoms with Crippen LogP contribution in [0.5, 0.6) is 0 Å². The summed E-state index contributed by atoms with van der Waals surface area (Å²) in [5, 5.41) is 8.73. The Kier molecular flexibility index (Phi) is 2.77. The maximum Gasteiger partial charge on any atom is 0.147 e. The number of aromatic nitrogens is 5. The molecule has 1 aliphatic carbocycles. The van der Waals surface area contributed by atoms with Crippen LogP contribution in [0.25, 0.3) is 0 Å². The topological polar surface area (TPSA) is 59.7 Å². The average molecular weight is 270 g/mol. The Labute approximate surface area is 117 Å². The summed E-state index contributed by atoms with van der Waals surface area (Å²) < 4.78 is 2.31. The van der Waals surface area contributed by atoms with Crippen molar-refractivity contribution in [3.8, 4) is 0 Å². The van der Waals surface area contributed by atoms with Gasteiger partial charge in [-0.05, 0) is 19.8 Å². The van der Waals surface area contributed by atoms with Crippen molar-refractivity contribution in [2.75, 3.05) is 6.54 Å². The van der Waals surface area contributed by atoms with Crippen LogP contribution in [-0.4, -0.2) is 36.2 Å². The molecule has 1 aliphatic heterocycles. The van der Waals surface area contributed by atoms with Crippen LogP contribution in [-0.2, 0) is 19.6 Å². The van der Waals surface area contributed by atoms with Crippen LogP contribution in [0.2, 0.25) is 0 Å². The molecule has 2 aromatic rings. The minimum absolute atomic E-state index is 0.672. The summed E-state index contributed by atoms with van der Waals surface area (Å²) in [7, 11) is 0. The fraction of sp³-hybridized carbons (Fsp3) is 0.571. The van der Waals surface area contributed by atoms with Gasteiger partial charge in [0, 0.05) is 37.9 Å². The predicted molar refractivity (Wildman–Crippen MR) is 72.9 cm³/mol. The van der Waals surface area contributed by atoms with Crippen LogP contribution in [0.15, 0.2) is 12.4 Å². The van der Waals surface area contributed by atoms with Crippen LogP contribution in [0.4, 0.5) is 0 Å². The normalized spacial score (nSPS) is 19.1. The van der Waals surface area contributed by atoms with Crippen molar-refractivity contribution in [1.82, 2.24) is 29.6 Å². The molecule has 4 rings (SSSR count). The van der Waals surface area contributed by atoms with Gasteiger partial charge in [0.15, 0.2) is 0 Å². The highest BCUT2D eigenvalue weighted by atomic mass is 15.3. The van der Waals surface area contributed by atoms with Crippen LogP contribution in [0, 0.1) is 6.92 Å². The lowest BCUT2D eigenvalue weighted by molar-refractivity contribution is 0.204.